The second-order valence-electron chi connectivity index (χ2n) is 5.66. The van der Waals surface area contributed by atoms with Gasteiger partial charge in [-0.15, -0.1) is 0 Å². The van der Waals surface area contributed by atoms with Gasteiger partial charge in [-0.1, -0.05) is 30.3 Å². The molecule has 1 aromatic rings. The number of hydrogen-bond donors (Lipinski definition) is 1. The molecule has 0 spiro atoms. The number of esters is 1. The van der Waals surface area contributed by atoms with Crippen molar-refractivity contribution < 1.29 is 17.9 Å². The fraction of sp³-hybridized carbons (Fsp3) is 0.500. The van der Waals surface area contributed by atoms with Gasteiger partial charge < -0.3 is 10.5 Å². The molecule has 1 atom stereocenters. The van der Waals surface area contributed by atoms with Crippen LogP contribution in [0, 0.1) is 0 Å². The van der Waals surface area contributed by atoms with E-state index in [-0.39, 0.29) is 5.75 Å². The molecule has 0 radical (unpaired) electrons. The maximum absolute atomic E-state index is 11.9. The Balaban J connectivity index is 2.64. The van der Waals surface area contributed by atoms with Gasteiger partial charge in [-0.3, -0.25) is 4.79 Å². The maximum atomic E-state index is 11.9. The quantitative estimate of drug-likeness (QED) is 0.831. The van der Waals surface area contributed by atoms with Gasteiger partial charge in [0.1, 0.15) is 11.4 Å². The zero-order valence-corrected chi connectivity index (χ0v) is 12.8. The summed E-state index contributed by atoms with van der Waals surface area (Å²) in [7, 11) is -3.60. The Morgan fingerprint density at radius 3 is 2.30 bits per heavy atom. The van der Waals surface area contributed by atoms with Crippen LogP contribution in [0.25, 0.3) is 0 Å². The monoisotopic (exact) mass is 299 g/mol. The molecule has 0 aromatic heterocycles. The second kappa shape index (κ2) is 6.37. The van der Waals surface area contributed by atoms with Crippen molar-refractivity contribution in [2.75, 3.05) is 11.5 Å². The molecule has 1 rings (SSSR count). The van der Waals surface area contributed by atoms with Crippen molar-refractivity contribution in [1.29, 1.82) is 0 Å². The lowest BCUT2D eigenvalue weighted by Gasteiger charge is -2.19. The molecule has 2 N–H and O–H groups in total. The number of sulfone groups is 1. The number of nitrogens with two attached hydrogens (primary N) is 1. The van der Waals surface area contributed by atoms with E-state index in [1.807, 2.05) is 6.07 Å². The Morgan fingerprint density at radius 1 is 1.25 bits per heavy atom. The highest BCUT2D eigenvalue weighted by atomic mass is 32.2. The number of carbonyl (C=O) groups is 1. The summed E-state index contributed by atoms with van der Waals surface area (Å²) in [6.45, 7) is 5.06. The summed E-state index contributed by atoms with van der Waals surface area (Å²) in [6, 6.07) is 8.27. The molecule has 0 aliphatic rings. The number of rotatable bonds is 5. The Bertz CT molecular complexity index is 546. The predicted molar refractivity (Wildman–Crippen MR) is 77.9 cm³/mol. The van der Waals surface area contributed by atoms with Crippen molar-refractivity contribution >= 4 is 15.8 Å². The fourth-order valence-electron chi connectivity index (χ4n) is 1.68. The standard InChI is InChI=1S/C14H21NO4S/c1-14(2,3)19-13(16)10-20(17,18)9-12(15)11-7-5-4-6-8-11/h4-8,12H,9-10,15H2,1-3H3. The van der Waals surface area contributed by atoms with E-state index in [4.69, 9.17) is 10.5 Å². The van der Waals surface area contributed by atoms with Crippen molar-refractivity contribution in [2.24, 2.45) is 5.73 Å². The van der Waals surface area contributed by atoms with E-state index in [1.54, 1.807) is 45.0 Å². The average molecular weight is 299 g/mol. The average Bonchev–Trinajstić information content (AvgIpc) is 2.25. The topological polar surface area (TPSA) is 86.5 Å². The largest absolute Gasteiger partial charge is 0.459 e. The number of carbonyl (C=O) groups excluding carboxylic acids is 1. The normalized spacial score (nSPS) is 13.8. The molecule has 5 nitrogen and oxygen atoms in total. The van der Waals surface area contributed by atoms with Crippen LogP contribution in [-0.2, 0) is 19.4 Å². The van der Waals surface area contributed by atoms with Crippen LogP contribution < -0.4 is 5.73 Å². The molecule has 0 amide bonds. The highest BCUT2D eigenvalue weighted by molar-refractivity contribution is 7.92. The lowest BCUT2D eigenvalue weighted by molar-refractivity contribution is -0.151. The highest BCUT2D eigenvalue weighted by Gasteiger charge is 2.25. The van der Waals surface area contributed by atoms with Crippen molar-refractivity contribution in [1.82, 2.24) is 0 Å². The van der Waals surface area contributed by atoms with Crippen LogP contribution in [0.3, 0.4) is 0 Å². The highest BCUT2D eigenvalue weighted by Crippen LogP contribution is 2.13. The molecule has 6 heteroatoms. The summed E-state index contributed by atoms with van der Waals surface area (Å²) in [6.07, 6.45) is 0. The Kier molecular flexibility index (Phi) is 5.30. The molecule has 1 aromatic carbocycles. The van der Waals surface area contributed by atoms with E-state index < -0.39 is 33.2 Å². The Hall–Kier alpha value is -1.40. The van der Waals surface area contributed by atoms with Crippen LogP contribution in [0.5, 0.6) is 0 Å². The molecule has 0 saturated carbocycles. The lowest BCUT2D eigenvalue weighted by atomic mass is 10.1. The SMILES string of the molecule is CC(C)(C)OC(=O)CS(=O)(=O)CC(N)c1ccccc1. The van der Waals surface area contributed by atoms with Gasteiger partial charge in [0.15, 0.2) is 9.84 Å². The molecule has 0 fully saturated rings. The maximum Gasteiger partial charge on any atom is 0.321 e. The summed E-state index contributed by atoms with van der Waals surface area (Å²) < 4.78 is 28.9. The number of hydrogen-bond acceptors (Lipinski definition) is 5. The van der Waals surface area contributed by atoms with Crippen LogP contribution in [0.1, 0.15) is 32.4 Å². The van der Waals surface area contributed by atoms with Gasteiger partial charge in [0.2, 0.25) is 0 Å². The van der Waals surface area contributed by atoms with Crippen LogP contribution >= 0.6 is 0 Å². The molecule has 1 unspecified atom stereocenters. The van der Waals surface area contributed by atoms with Crippen molar-refractivity contribution in [2.45, 2.75) is 32.4 Å². The molecule has 0 aliphatic heterocycles. The van der Waals surface area contributed by atoms with E-state index in [2.05, 4.69) is 0 Å². The number of benzene rings is 1. The molecule has 112 valence electrons. The van der Waals surface area contributed by atoms with Crippen LogP contribution in [0.2, 0.25) is 0 Å². The number of ether oxygens (including phenoxy) is 1. The van der Waals surface area contributed by atoms with E-state index in [0.29, 0.717) is 0 Å². The van der Waals surface area contributed by atoms with Gasteiger partial charge in [-0.05, 0) is 26.3 Å². The van der Waals surface area contributed by atoms with Crippen LogP contribution in [0.15, 0.2) is 30.3 Å². The van der Waals surface area contributed by atoms with E-state index in [0.717, 1.165) is 5.56 Å². The van der Waals surface area contributed by atoms with Crippen molar-refractivity contribution in [3.63, 3.8) is 0 Å². The third-order valence-electron chi connectivity index (χ3n) is 2.42. The summed E-state index contributed by atoms with van der Waals surface area (Å²) in [5.74, 6) is -1.68. The molecule has 0 aliphatic carbocycles. The molecular formula is C14H21NO4S. The third-order valence-corrected chi connectivity index (χ3v) is 3.96. The first-order valence-corrected chi connectivity index (χ1v) is 8.14. The van der Waals surface area contributed by atoms with Gasteiger partial charge in [0.25, 0.3) is 0 Å². The first-order valence-electron chi connectivity index (χ1n) is 6.32. The van der Waals surface area contributed by atoms with E-state index in [1.165, 1.54) is 0 Å². The Morgan fingerprint density at radius 2 is 1.80 bits per heavy atom. The predicted octanol–water partition coefficient (Wildman–Crippen LogP) is 1.44. The summed E-state index contributed by atoms with van der Waals surface area (Å²) in [5.41, 5.74) is 5.88. The lowest BCUT2D eigenvalue weighted by Crippen LogP contribution is -2.31. The van der Waals surface area contributed by atoms with Crippen LogP contribution in [-0.4, -0.2) is 31.5 Å². The van der Waals surface area contributed by atoms with Gasteiger partial charge in [-0.25, -0.2) is 8.42 Å². The smallest absolute Gasteiger partial charge is 0.321 e. The summed E-state index contributed by atoms with van der Waals surface area (Å²) in [4.78, 5) is 11.6. The van der Waals surface area contributed by atoms with Gasteiger partial charge >= 0.3 is 5.97 Å². The molecule has 0 saturated heterocycles. The summed E-state index contributed by atoms with van der Waals surface area (Å²) >= 11 is 0. The van der Waals surface area contributed by atoms with Crippen molar-refractivity contribution in [3.8, 4) is 0 Å². The molecule has 0 bridgehead atoms. The minimum absolute atomic E-state index is 0.281. The fourth-order valence-corrected chi connectivity index (χ4v) is 2.95. The third kappa shape index (κ3) is 6.16. The molecule has 20 heavy (non-hydrogen) atoms. The zero-order valence-electron chi connectivity index (χ0n) is 12.0. The Labute approximate surface area is 120 Å². The summed E-state index contributed by atoms with van der Waals surface area (Å²) in [5, 5.41) is 0. The minimum Gasteiger partial charge on any atom is -0.459 e. The first kappa shape index (κ1) is 16.7. The first-order chi connectivity index (χ1) is 9.09. The van der Waals surface area contributed by atoms with Crippen LogP contribution in [0.4, 0.5) is 0 Å². The van der Waals surface area contributed by atoms with Gasteiger partial charge in [0, 0.05) is 6.04 Å². The molecule has 0 heterocycles. The van der Waals surface area contributed by atoms with Gasteiger partial charge in [0.05, 0.1) is 5.75 Å². The van der Waals surface area contributed by atoms with E-state index >= 15 is 0 Å². The van der Waals surface area contributed by atoms with Crippen molar-refractivity contribution in [3.05, 3.63) is 35.9 Å². The molecular weight excluding hydrogens is 278 g/mol. The minimum atomic E-state index is -3.60. The van der Waals surface area contributed by atoms with E-state index in [9.17, 15) is 13.2 Å². The van der Waals surface area contributed by atoms with Gasteiger partial charge in [-0.2, -0.15) is 0 Å². The second-order valence-corrected chi connectivity index (χ2v) is 7.77. The zero-order chi connectivity index (χ0) is 15.4.